The molecule has 1 heterocycles. The SMILES string of the molecule is CCOC(=O)c1coc(N(C)CCCN)n1. The summed E-state index contributed by atoms with van der Waals surface area (Å²) in [6, 6.07) is 0.400. The lowest BCUT2D eigenvalue weighted by Crippen LogP contribution is -2.21. The number of ether oxygens (including phenoxy) is 1. The summed E-state index contributed by atoms with van der Waals surface area (Å²) in [5.74, 6) is -0.468. The zero-order chi connectivity index (χ0) is 12.0. The van der Waals surface area contributed by atoms with Crippen molar-refractivity contribution in [1.29, 1.82) is 0 Å². The van der Waals surface area contributed by atoms with E-state index in [-0.39, 0.29) is 5.69 Å². The Morgan fingerprint density at radius 2 is 2.44 bits per heavy atom. The largest absolute Gasteiger partial charge is 0.461 e. The molecular weight excluding hydrogens is 210 g/mol. The fourth-order valence-corrected chi connectivity index (χ4v) is 1.16. The Balaban J connectivity index is 2.59. The third-order valence-corrected chi connectivity index (χ3v) is 2.00. The van der Waals surface area contributed by atoms with Gasteiger partial charge in [0.05, 0.1) is 6.61 Å². The number of hydrogen-bond acceptors (Lipinski definition) is 6. The van der Waals surface area contributed by atoms with E-state index in [1.165, 1.54) is 6.26 Å². The lowest BCUT2D eigenvalue weighted by Gasteiger charge is -2.12. The van der Waals surface area contributed by atoms with Gasteiger partial charge in [-0.2, -0.15) is 4.98 Å². The molecule has 0 atom stereocenters. The molecule has 0 aliphatic rings. The molecule has 1 rings (SSSR count). The lowest BCUT2D eigenvalue weighted by atomic mass is 10.4. The third kappa shape index (κ3) is 3.23. The quantitative estimate of drug-likeness (QED) is 0.718. The van der Waals surface area contributed by atoms with E-state index in [0.717, 1.165) is 13.0 Å². The molecule has 0 amide bonds. The second kappa shape index (κ2) is 6.12. The molecule has 0 saturated carbocycles. The number of nitrogens with two attached hydrogens (primary N) is 1. The van der Waals surface area contributed by atoms with Gasteiger partial charge in [0.2, 0.25) is 0 Å². The average molecular weight is 227 g/mol. The molecule has 0 aliphatic heterocycles. The highest BCUT2D eigenvalue weighted by Crippen LogP contribution is 2.12. The first-order valence-electron chi connectivity index (χ1n) is 5.23. The van der Waals surface area contributed by atoms with E-state index < -0.39 is 5.97 Å². The molecule has 0 fully saturated rings. The van der Waals surface area contributed by atoms with Gasteiger partial charge in [-0.3, -0.25) is 0 Å². The number of rotatable bonds is 6. The van der Waals surface area contributed by atoms with Gasteiger partial charge in [-0.25, -0.2) is 4.79 Å². The Hall–Kier alpha value is -1.56. The average Bonchev–Trinajstić information content (AvgIpc) is 2.75. The fraction of sp³-hybridized carbons (Fsp3) is 0.600. The maximum absolute atomic E-state index is 11.3. The van der Waals surface area contributed by atoms with Crippen LogP contribution in [0, 0.1) is 0 Å². The first-order chi connectivity index (χ1) is 7.69. The van der Waals surface area contributed by atoms with Crippen LogP contribution in [0.3, 0.4) is 0 Å². The van der Waals surface area contributed by atoms with Crippen LogP contribution < -0.4 is 10.6 Å². The molecule has 0 radical (unpaired) electrons. The first kappa shape index (κ1) is 12.5. The highest BCUT2D eigenvalue weighted by Gasteiger charge is 2.15. The molecule has 2 N–H and O–H groups in total. The highest BCUT2D eigenvalue weighted by atomic mass is 16.5. The molecule has 0 bridgehead atoms. The maximum Gasteiger partial charge on any atom is 0.360 e. The van der Waals surface area contributed by atoms with Crippen LogP contribution in [0.1, 0.15) is 23.8 Å². The molecule has 6 nitrogen and oxygen atoms in total. The van der Waals surface area contributed by atoms with Gasteiger partial charge >= 0.3 is 5.97 Å². The predicted molar refractivity (Wildman–Crippen MR) is 59.4 cm³/mol. The van der Waals surface area contributed by atoms with Gasteiger partial charge in [-0.15, -0.1) is 0 Å². The van der Waals surface area contributed by atoms with Crippen molar-refractivity contribution in [2.45, 2.75) is 13.3 Å². The molecular formula is C10H17N3O3. The molecule has 1 aromatic heterocycles. The number of oxazole rings is 1. The van der Waals surface area contributed by atoms with Gasteiger partial charge in [0.15, 0.2) is 5.69 Å². The summed E-state index contributed by atoms with van der Waals surface area (Å²) in [4.78, 5) is 17.1. The van der Waals surface area contributed by atoms with E-state index in [4.69, 9.17) is 14.9 Å². The van der Waals surface area contributed by atoms with E-state index in [0.29, 0.717) is 19.2 Å². The van der Waals surface area contributed by atoms with Crippen molar-refractivity contribution in [3.8, 4) is 0 Å². The minimum atomic E-state index is -0.468. The molecule has 0 saturated heterocycles. The second-order valence-electron chi connectivity index (χ2n) is 3.30. The second-order valence-corrected chi connectivity index (χ2v) is 3.30. The third-order valence-electron chi connectivity index (χ3n) is 2.00. The standard InChI is InChI=1S/C10H17N3O3/c1-3-15-9(14)8-7-16-10(12-8)13(2)6-4-5-11/h7H,3-6,11H2,1-2H3. The molecule has 0 unspecified atom stereocenters. The fourth-order valence-electron chi connectivity index (χ4n) is 1.16. The van der Waals surface area contributed by atoms with Gasteiger partial charge in [-0.1, -0.05) is 0 Å². The van der Waals surface area contributed by atoms with Gasteiger partial charge in [0.25, 0.3) is 6.01 Å². The van der Waals surface area contributed by atoms with Crippen molar-refractivity contribution >= 4 is 12.0 Å². The van der Waals surface area contributed by atoms with Crippen LogP contribution in [0.2, 0.25) is 0 Å². The van der Waals surface area contributed by atoms with E-state index in [1.54, 1.807) is 11.8 Å². The van der Waals surface area contributed by atoms with Crippen LogP contribution in [0.25, 0.3) is 0 Å². The number of esters is 1. The normalized spacial score (nSPS) is 10.2. The molecule has 6 heteroatoms. The predicted octanol–water partition coefficient (Wildman–Crippen LogP) is 0.636. The van der Waals surface area contributed by atoms with E-state index in [9.17, 15) is 4.79 Å². The van der Waals surface area contributed by atoms with Gasteiger partial charge in [0, 0.05) is 13.6 Å². The van der Waals surface area contributed by atoms with Crippen LogP contribution in [0.15, 0.2) is 10.7 Å². The van der Waals surface area contributed by atoms with Crippen LogP contribution in [-0.4, -0.2) is 37.7 Å². The molecule has 1 aromatic rings. The van der Waals surface area contributed by atoms with Crippen molar-refractivity contribution in [3.05, 3.63) is 12.0 Å². The summed E-state index contributed by atoms with van der Waals surface area (Å²) >= 11 is 0. The van der Waals surface area contributed by atoms with Crippen molar-refractivity contribution in [2.75, 3.05) is 31.6 Å². The minimum Gasteiger partial charge on any atom is -0.461 e. The number of carbonyl (C=O) groups excluding carboxylic acids is 1. The van der Waals surface area contributed by atoms with Crippen molar-refractivity contribution in [1.82, 2.24) is 4.98 Å². The lowest BCUT2D eigenvalue weighted by molar-refractivity contribution is 0.0519. The number of hydrogen-bond donors (Lipinski definition) is 1. The van der Waals surface area contributed by atoms with Crippen LogP contribution in [0.5, 0.6) is 0 Å². The zero-order valence-corrected chi connectivity index (χ0v) is 9.60. The highest BCUT2D eigenvalue weighted by molar-refractivity contribution is 5.87. The summed E-state index contributed by atoms with van der Waals surface area (Å²) in [5, 5.41) is 0. The van der Waals surface area contributed by atoms with E-state index in [2.05, 4.69) is 4.98 Å². The Morgan fingerprint density at radius 1 is 1.69 bits per heavy atom. The van der Waals surface area contributed by atoms with Crippen molar-refractivity contribution in [3.63, 3.8) is 0 Å². The Kier molecular flexibility index (Phi) is 4.78. The van der Waals surface area contributed by atoms with Gasteiger partial charge in [-0.05, 0) is 19.9 Å². The number of carbonyl (C=O) groups is 1. The van der Waals surface area contributed by atoms with Crippen LogP contribution in [0.4, 0.5) is 6.01 Å². The molecule has 0 spiro atoms. The summed E-state index contributed by atoms with van der Waals surface area (Å²) in [5.41, 5.74) is 5.59. The topological polar surface area (TPSA) is 81.6 Å². The van der Waals surface area contributed by atoms with Crippen molar-refractivity contribution < 1.29 is 13.9 Å². The Morgan fingerprint density at radius 3 is 3.06 bits per heavy atom. The summed E-state index contributed by atoms with van der Waals surface area (Å²) in [6.45, 7) is 3.41. The van der Waals surface area contributed by atoms with Crippen LogP contribution >= 0.6 is 0 Å². The summed E-state index contributed by atoms with van der Waals surface area (Å²) in [7, 11) is 1.83. The number of nitrogens with zero attached hydrogens (tertiary/aromatic N) is 2. The van der Waals surface area contributed by atoms with Crippen molar-refractivity contribution in [2.24, 2.45) is 5.73 Å². The zero-order valence-electron chi connectivity index (χ0n) is 9.60. The summed E-state index contributed by atoms with van der Waals surface area (Å²) < 4.78 is 9.97. The smallest absolute Gasteiger partial charge is 0.360 e. The Bertz CT molecular complexity index is 338. The number of aromatic nitrogens is 1. The van der Waals surface area contributed by atoms with E-state index >= 15 is 0 Å². The summed E-state index contributed by atoms with van der Waals surface area (Å²) in [6.07, 6.45) is 2.14. The minimum absolute atomic E-state index is 0.191. The van der Waals surface area contributed by atoms with Gasteiger partial charge < -0.3 is 19.8 Å². The Labute approximate surface area is 94.4 Å². The maximum atomic E-state index is 11.3. The molecule has 90 valence electrons. The molecule has 16 heavy (non-hydrogen) atoms. The van der Waals surface area contributed by atoms with Gasteiger partial charge in [0.1, 0.15) is 6.26 Å². The van der Waals surface area contributed by atoms with Crippen LogP contribution in [-0.2, 0) is 4.74 Å². The van der Waals surface area contributed by atoms with E-state index in [1.807, 2.05) is 7.05 Å². The monoisotopic (exact) mass is 227 g/mol. The molecule has 0 aliphatic carbocycles. The molecule has 0 aromatic carbocycles. The first-order valence-corrected chi connectivity index (χ1v) is 5.23. The number of anilines is 1.